The number of aromatic nitrogens is 4. The number of imidazole rings is 1. The Balaban J connectivity index is 2.05. The Morgan fingerprint density at radius 2 is 1.85 bits per heavy atom. The van der Waals surface area contributed by atoms with Crippen LogP contribution in [0.2, 0.25) is 0 Å². The second-order valence-corrected chi connectivity index (χ2v) is 6.24. The Kier molecular flexibility index (Phi) is 4.94. The van der Waals surface area contributed by atoms with E-state index in [1.165, 1.54) is 6.07 Å². The largest absolute Gasteiger partial charge is 0.478 e. The van der Waals surface area contributed by atoms with Gasteiger partial charge in [0.2, 0.25) is 0 Å². The number of carbonyl (C=O) groups is 1. The molecule has 0 saturated carbocycles. The van der Waals surface area contributed by atoms with E-state index in [0.717, 1.165) is 11.4 Å². The second kappa shape index (κ2) is 7.17. The number of fused-ring (bicyclic) bond motifs is 1. The average Bonchev–Trinajstić information content (AvgIpc) is 3.06. The molecule has 0 unspecified atom stereocenters. The summed E-state index contributed by atoms with van der Waals surface area (Å²) in [5.41, 5.74) is 3.22. The fourth-order valence-electron chi connectivity index (χ4n) is 3.16. The molecule has 0 aliphatic heterocycles. The number of nitrogens with zero attached hydrogens (tertiary/aromatic N) is 4. The van der Waals surface area contributed by atoms with Crippen molar-refractivity contribution in [1.29, 1.82) is 0 Å². The van der Waals surface area contributed by atoms with Crippen LogP contribution in [0.25, 0.3) is 11.0 Å². The molecule has 138 valence electrons. The van der Waals surface area contributed by atoms with Crippen molar-refractivity contribution >= 4 is 17.0 Å². The molecule has 3 rings (SSSR count). The summed E-state index contributed by atoms with van der Waals surface area (Å²) in [6.45, 7) is 5.63. The highest BCUT2D eigenvalue weighted by Crippen LogP contribution is 2.16. The molecule has 0 aliphatic carbocycles. The van der Waals surface area contributed by atoms with Gasteiger partial charge in [-0.25, -0.2) is 9.59 Å². The number of benzene rings is 1. The molecule has 1 aromatic carbocycles. The standard InChI is InChI=1S/C18H22N4O4/c1-12-10-13(2)22(19-12)7-6-20-16-11-14(17(23)24)4-5-15(16)21(18(20)25)8-9-26-3/h4-5,10-11H,6-9H2,1-3H3,(H,23,24). The second-order valence-electron chi connectivity index (χ2n) is 6.24. The van der Waals surface area contributed by atoms with Gasteiger partial charge in [0.25, 0.3) is 0 Å². The van der Waals surface area contributed by atoms with Gasteiger partial charge in [0.05, 0.1) is 42.0 Å². The van der Waals surface area contributed by atoms with Crippen molar-refractivity contribution in [1.82, 2.24) is 18.9 Å². The molecule has 0 radical (unpaired) electrons. The predicted octanol–water partition coefficient (Wildman–Crippen LogP) is 1.66. The Hall–Kier alpha value is -2.87. The number of carboxylic acids is 1. The maximum absolute atomic E-state index is 12.9. The van der Waals surface area contributed by atoms with Crippen molar-refractivity contribution in [3.8, 4) is 0 Å². The predicted molar refractivity (Wildman–Crippen MR) is 96.7 cm³/mol. The summed E-state index contributed by atoms with van der Waals surface area (Å²) in [4.78, 5) is 24.2. The number of carboxylic acid groups (broad SMARTS) is 1. The molecular weight excluding hydrogens is 336 g/mol. The van der Waals surface area contributed by atoms with Crippen LogP contribution in [0.5, 0.6) is 0 Å². The molecular formula is C18H22N4O4. The summed E-state index contributed by atoms with van der Waals surface area (Å²) in [6, 6.07) is 6.71. The molecule has 0 fully saturated rings. The SMILES string of the molecule is COCCn1c(=O)n(CCn2nc(C)cc2C)c2cc(C(=O)O)ccc21. The molecule has 0 amide bonds. The topological polar surface area (TPSA) is 91.3 Å². The fourth-order valence-corrected chi connectivity index (χ4v) is 3.16. The molecule has 2 aromatic heterocycles. The monoisotopic (exact) mass is 358 g/mol. The average molecular weight is 358 g/mol. The van der Waals surface area contributed by atoms with Gasteiger partial charge in [0.1, 0.15) is 0 Å². The van der Waals surface area contributed by atoms with Crippen molar-refractivity contribution in [3.63, 3.8) is 0 Å². The van der Waals surface area contributed by atoms with Gasteiger partial charge in [-0.05, 0) is 38.1 Å². The van der Waals surface area contributed by atoms with Gasteiger partial charge in [-0.3, -0.25) is 13.8 Å². The van der Waals surface area contributed by atoms with E-state index in [4.69, 9.17) is 4.74 Å². The molecule has 2 heterocycles. The number of hydrogen-bond donors (Lipinski definition) is 1. The third-order valence-electron chi connectivity index (χ3n) is 4.42. The zero-order valence-corrected chi connectivity index (χ0v) is 15.1. The van der Waals surface area contributed by atoms with Crippen LogP contribution in [0, 0.1) is 13.8 Å². The minimum absolute atomic E-state index is 0.154. The third kappa shape index (κ3) is 3.28. The molecule has 0 aliphatic rings. The summed E-state index contributed by atoms with van der Waals surface area (Å²) < 4.78 is 10.2. The highest BCUT2D eigenvalue weighted by molar-refractivity contribution is 5.92. The van der Waals surface area contributed by atoms with Crippen LogP contribution in [0.1, 0.15) is 21.7 Å². The van der Waals surface area contributed by atoms with Gasteiger partial charge in [0, 0.05) is 19.3 Å². The van der Waals surface area contributed by atoms with Crippen LogP contribution in [0.4, 0.5) is 0 Å². The third-order valence-corrected chi connectivity index (χ3v) is 4.42. The summed E-state index contributed by atoms with van der Waals surface area (Å²) in [7, 11) is 1.58. The molecule has 3 aromatic rings. The first kappa shape index (κ1) is 17.9. The number of rotatable bonds is 7. The van der Waals surface area contributed by atoms with Crippen LogP contribution in [-0.2, 0) is 24.4 Å². The van der Waals surface area contributed by atoms with Crippen molar-refractivity contribution in [2.24, 2.45) is 0 Å². The van der Waals surface area contributed by atoms with Crippen LogP contribution < -0.4 is 5.69 Å². The number of methoxy groups -OCH3 is 1. The van der Waals surface area contributed by atoms with Crippen LogP contribution >= 0.6 is 0 Å². The molecule has 0 atom stereocenters. The van der Waals surface area contributed by atoms with Crippen LogP contribution in [0.3, 0.4) is 0 Å². The number of aryl methyl sites for hydroxylation is 4. The molecule has 1 N–H and O–H groups in total. The van der Waals surface area contributed by atoms with E-state index in [0.29, 0.717) is 37.3 Å². The lowest BCUT2D eigenvalue weighted by Gasteiger charge is -2.06. The molecule has 0 bridgehead atoms. The molecule has 26 heavy (non-hydrogen) atoms. The van der Waals surface area contributed by atoms with Gasteiger partial charge in [0.15, 0.2) is 0 Å². The van der Waals surface area contributed by atoms with E-state index in [2.05, 4.69) is 5.10 Å². The van der Waals surface area contributed by atoms with E-state index >= 15 is 0 Å². The normalized spacial score (nSPS) is 11.3. The zero-order valence-electron chi connectivity index (χ0n) is 15.1. The van der Waals surface area contributed by atoms with Gasteiger partial charge < -0.3 is 9.84 Å². The maximum Gasteiger partial charge on any atom is 0.335 e. The summed E-state index contributed by atoms with van der Waals surface area (Å²) in [5, 5.41) is 13.7. The Bertz CT molecular complexity index is 1010. The minimum atomic E-state index is -1.02. The van der Waals surface area contributed by atoms with Crippen molar-refractivity contribution in [3.05, 3.63) is 51.7 Å². The Morgan fingerprint density at radius 3 is 2.46 bits per heavy atom. The lowest BCUT2D eigenvalue weighted by Crippen LogP contribution is -2.27. The van der Waals surface area contributed by atoms with E-state index in [1.807, 2.05) is 24.6 Å². The smallest absolute Gasteiger partial charge is 0.335 e. The van der Waals surface area contributed by atoms with Gasteiger partial charge in [-0.1, -0.05) is 0 Å². The first-order chi connectivity index (χ1) is 12.4. The quantitative estimate of drug-likeness (QED) is 0.694. The van der Waals surface area contributed by atoms with E-state index in [1.54, 1.807) is 28.4 Å². The highest BCUT2D eigenvalue weighted by atomic mass is 16.5. The lowest BCUT2D eigenvalue weighted by molar-refractivity contribution is 0.0697. The Labute approximate surface area is 150 Å². The fraction of sp³-hybridized carbons (Fsp3) is 0.389. The number of aromatic carboxylic acids is 1. The van der Waals surface area contributed by atoms with E-state index in [-0.39, 0.29) is 11.3 Å². The summed E-state index contributed by atoms with van der Waals surface area (Å²) >= 11 is 0. The van der Waals surface area contributed by atoms with Crippen molar-refractivity contribution < 1.29 is 14.6 Å². The van der Waals surface area contributed by atoms with Gasteiger partial charge >= 0.3 is 11.7 Å². The number of ether oxygens (including phenoxy) is 1. The summed E-state index contributed by atoms with van der Waals surface area (Å²) in [5.74, 6) is -1.02. The number of hydrogen-bond acceptors (Lipinski definition) is 4. The first-order valence-electron chi connectivity index (χ1n) is 8.38. The maximum atomic E-state index is 12.9. The zero-order chi connectivity index (χ0) is 18.8. The van der Waals surface area contributed by atoms with Crippen molar-refractivity contribution in [2.75, 3.05) is 13.7 Å². The van der Waals surface area contributed by atoms with Gasteiger partial charge in [-0.15, -0.1) is 0 Å². The first-order valence-corrected chi connectivity index (χ1v) is 8.38. The highest BCUT2D eigenvalue weighted by Gasteiger charge is 2.16. The van der Waals surface area contributed by atoms with E-state index in [9.17, 15) is 14.7 Å². The van der Waals surface area contributed by atoms with Crippen LogP contribution in [0.15, 0.2) is 29.1 Å². The molecule has 0 spiro atoms. The summed E-state index contributed by atoms with van der Waals surface area (Å²) in [6.07, 6.45) is 0. The van der Waals surface area contributed by atoms with E-state index < -0.39 is 5.97 Å². The molecule has 8 nitrogen and oxygen atoms in total. The van der Waals surface area contributed by atoms with Crippen molar-refractivity contribution in [2.45, 2.75) is 33.5 Å². The lowest BCUT2D eigenvalue weighted by atomic mass is 10.2. The van der Waals surface area contributed by atoms with Crippen LogP contribution in [-0.4, -0.2) is 43.7 Å². The van der Waals surface area contributed by atoms with Gasteiger partial charge in [-0.2, -0.15) is 5.10 Å². The minimum Gasteiger partial charge on any atom is -0.478 e. The molecule has 0 saturated heterocycles. The Morgan fingerprint density at radius 1 is 1.12 bits per heavy atom. The molecule has 8 heteroatoms.